The van der Waals surface area contributed by atoms with Crippen LogP contribution < -0.4 is 5.73 Å². The van der Waals surface area contributed by atoms with Crippen molar-refractivity contribution in [1.29, 1.82) is 5.41 Å². The number of nitrogens with one attached hydrogen (secondary N) is 1. The molecule has 0 bridgehead atoms. The summed E-state index contributed by atoms with van der Waals surface area (Å²) in [5, 5.41) is 7.58. The van der Waals surface area contributed by atoms with Gasteiger partial charge in [-0.25, -0.2) is 0 Å². The van der Waals surface area contributed by atoms with Crippen molar-refractivity contribution >= 4 is 17.6 Å². The van der Waals surface area contributed by atoms with E-state index >= 15 is 0 Å². The zero-order valence-corrected chi connectivity index (χ0v) is 12.5. The van der Waals surface area contributed by atoms with Gasteiger partial charge in [-0.05, 0) is 25.9 Å². The molecular weight excluding hydrogens is 230 g/mol. The van der Waals surface area contributed by atoms with Gasteiger partial charge >= 0.3 is 0 Å². The molecule has 1 heterocycles. The Balaban J connectivity index is 2.40. The van der Waals surface area contributed by atoms with Crippen LogP contribution in [0.4, 0.5) is 0 Å². The Morgan fingerprint density at radius 2 is 2.06 bits per heavy atom. The zero-order chi connectivity index (χ0) is 13.1. The Hall–Kier alpha value is -0.220. The molecule has 1 fully saturated rings. The van der Waals surface area contributed by atoms with Crippen molar-refractivity contribution in [3.8, 4) is 0 Å². The highest BCUT2D eigenvalue weighted by Crippen LogP contribution is 2.31. The predicted molar refractivity (Wildman–Crippen MR) is 77.9 cm³/mol. The summed E-state index contributed by atoms with van der Waals surface area (Å²) in [5.74, 6) is 1.52. The molecule has 0 radical (unpaired) electrons. The first kappa shape index (κ1) is 14.8. The van der Waals surface area contributed by atoms with Gasteiger partial charge in [-0.15, -0.1) is 0 Å². The summed E-state index contributed by atoms with van der Waals surface area (Å²) in [6.07, 6.45) is 2.23. The van der Waals surface area contributed by atoms with Gasteiger partial charge < -0.3 is 10.6 Å². The number of hydrogen-bond donors (Lipinski definition) is 2. The molecule has 0 amide bonds. The fourth-order valence-electron chi connectivity index (χ4n) is 1.86. The Kier molecular flexibility index (Phi) is 4.90. The lowest BCUT2D eigenvalue weighted by Crippen LogP contribution is -2.36. The van der Waals surface area contributed by atoms with Crippen molar-refractivity contribution in [1.82, 2.24) is 4.90 Å². The summed E-state index contributed by atoms with van der Waals surface area (Å²) in [7, 11) is 0. The van der Waals surface area contributed by atoms with E-state index in [1.54, 1.807) is 0 Å². The summed E-state index contributed by atoms with van der Waals surface area (Å²) in [6, 6.07) is 0. The number of rotatable bonds is 4. The van der Waals surface area contributed by atoms with E-state index in [1.807, 2.05) is 0 Å². The smallest absolute Gasteiger partial charge is 0.0963 e. The summed E-state index contributed by atoms with van der Waals surface area (Å²) in [5.41, 5.74) is 5.46. The molecule has 0 aromatic carbocycles. The fourth-order valence-corrected chi connectivity index (χ4v) is 3.00. The topological polar surface area (TPSA) is 53.1 Å². The fraction of sp³-hybridized carbons (Fsp3) is 0.923. The lowest BCUT2D eigenvalue weighted by Gasteiger charge is -2.28. The molecule has 3 N–H and O–H groups in total. The van der Waals surface area contributed by atoms with E-state index in [2.05, 4.69) is 44.4 Å². The van der Waals surface area contributed by atoms with Crippen LogP contribution >= 0.6 is 11.8 Å². The third-order valence-corrected chi connectivity index (χ3v) is 5.08. The summed E-state index contributed by atoms with van der Waals surface area (Å²) in [4.78, 5) is 2.52. The maximum Gasteiger partial charge on any atom is 0.0963 e. The minimum absolute atomic E-state index is 0.158. The van der Waals surface area contributed by atoms with Gasteiger partial charge in [0.05, 0.1) is 5.84 Å². The van der Waals surface area contributed by atoms with E-state index < -0.39 is 0 Å². The Morgan fingerprint density at radius 1 is 1.41 bits per heavy atom. The molecule has 0 aliphatic carbocycles. The number of amidine groups is 1. The zero-order valence-electron chi connectivity index (χ0n) is 11.7. The third-order valence-electron chi connectivity index (χ3n) is 3.71. The Bertz CT molecular complexity index is 274. The number of thioether (sulfide) groups is 1. The largest absolute Gasteiger partial charge is 0.387 e. The SMILES string of the molecule is CC1(C)CCN(CCC(C)(C)C(=N)N)CCS1. The van der Waals surface area contributed by atoms with Crippen LogP contribution in [0, 0.1) is 10.8 Å². The van der Waals surface area contributed by atoms with E-state index in [0.29, 0.717) is 10.6 Å². The molecule has 100 valence electrons. The van der Waals surface area contributed by atoms with Crippen molar-refractivity contribution in [2.24, 2.45) is 11.1 Å². The molecule has 0 unspecified atom stereocenters. The van der Waals surface area contributed by atoms with Gasteiger partial charge in [0, 0.05) is 22.5 Å². The molecule has 1 aliphatic rings. The van der Waals surface area contributed by atoms with Gasteiger partial charge in [-0.2, -0.15) is 11.8 Å². The normalized spacial score (nSPS) is 22.1. The van der Waals surface area contributed by atoms with Crippen LogP contribution in [0.3, 0.4) is 0 Å². The Morgan fingerprint density at radius 3 is 2.65 bits per heavy atom. The van der Waals surface area contributed by atoms with Crippen molar-refractivity contribution in [2.45, 2.75) is 45.3 Å². The quantitative estimate of drug-likeness (QED) is 0.601. The molecule has 0 saturated carbocycles. The molecule has 0 spiro atoms. The second-order valence-electron chi connectivity index (χ2n) is 6.25. The van der Waals surface area contributed by atoms with Gasteiger partial charge in [-0.3, -0.25) is 5.41 Å². The van der Waals surface area contributed by atoms with Crippen molar-refractivity contribution < 1.29 is 0 Å². The van der Waals surface area contributed by atoms with Crippen LogP contribution in [0.15, 0.2) is 0 Å². The van der Waals surface area contributed by atoms with Crippen LogP contribution in [0.5, 0.6) is 0 Å². The molecule has 4 heteroatoms. The van der Waals surface area contributed by atoms with Crippen LogP contribution in [-0.4, -0.2) is 40.9 Å². The average molecular weight is 257 g/mol. The monoisotopic (exact) mass is 257 g/mol. The van der Waals surface area contributed by atoms with Gasteiger partial charge in [0.25, 0.3) is 0 Å². The maximum atomic E-state index is 7.58. The maximum absolute atomic E-state index is 7.58. The van der Waals surface area contributed by atoms with Crippen molar-refractivity contribution in [3.05, 3.63) is 0 Å². The number of nitrogens with zero attached hydrogens (tertiary/aromatic N) is 1. The standard InChI is InChI=1S/C13H27N3S/c1-12(2,11(14)15)5-7-16-8-6-13(3,4)17-10-9-16/h5-10H2,1-4H3,(H3,14,15). The first-order valence-corrected chi connectivity index (χ1v) is 7.42. The highest BCUT2D eigenvalue weighted by atomic mass is 32.2. The molecule has 1 saturated heterocycles. The second-order valence-corrected chi connectivity index (χ2v) is 8.05. The van der Waals surface area contributed by atoms with Crippen molar-refractivity contribution in [2.75, 3.05) is 25.4 Å². The number of nitrogens with two attached hydrogens (primary N) is 1. The van der Waals surface area contributed by atoms with Crippen molar-refractivity contribution in [3.63, 3.8) is 0 Å². The van der Waals surface area contributed by atoms with E-state index in [-0.39, 0.29) is 5.41 Å². The van der Waals surface area contributed by atoms with Crippen LogP contribution in [0.1, 0.15) is 40.5 Å². The van der Waals surface area contributed by atoms with E-state index in [1.165, 1.54) is 25.3 Å². The van der Waals surface area contributed by atoms with Gasteiger partial charge in [0.2, 0.25) is 0 Å². The molecule has 1 rings (SSSR count). The highest BCUT2D eigenvalue weighted by Gasteiger charge is 2.26. The van der Waals surface area contributed by atoms with Crippen LogP contribution in [0.2, 0.25) is 0 Å². The highest BCUT2D eigenvalue weighted by molar-refractivity contribution is 8.00. The summed E-state index contributed by atoms with van der Waals surface area (Å²) in [6.45, 7) is 12.2. The molecule has 1 aliphatic heterocycles. The molecule has 0 aromatic rings. The minimum atomic E-state index is -0.158. The third kappa shape index (κ3) is 4.88. The Labute approximate surface area is 110 Å². The first-order chi connectivity index (χ1) is 7.73. The minimum Gasteiger partial charge on any atom is -0.387 e. The van der Waals surface area contributed by atoms with Gasteiger partial charge in [0.1, 0.15) is 0 Å². The molecule has 17 heavy (non-hydrogen) atoms. The van der Waals surface area contributed by atoms with Gasteiger partial charge in [0.15, 0.2) is 0 Å². The van der Waals surface area contributed by atoms with E-state index in [9.17, 15) is 0 Å². The molecule has 0 aromatic heterocycles. The lowest BCUT2D eigenvalue weighted by molar-refractivity contribution is 0.253. The summed E-state index contributed by atoms with van der Waals surface area (Å²) < 4.78 is 0.421. The van der Waals surface area contributed by atoms with Gasteiger partial charge in [-0.1, -0.05) is 27.7 Å². The average Bonchev–Trinajstić information content (AvgIpc) is 2.36. The predicted octanol–water partition coefficient (Wildman–Crippen LogP) is 2.56. The lowest BCUT2D eigenvalue weighted by atomic mass is 9.88. The second kappa shape index (κ2) is 5.61. The molecule has 0 atom stereocenters. The van der Waals surface area contributed by atoms with E-state index in [4.69, 9.17) is 11.1 Å². The summed E-state index contributed by atoms with van der Waals surface area (Å²) >= 11 is 2.08. The van der Waals surface area contributed by atoms with Crippen LogP contribution in [-0.2, 0) is 0 Å². The first-order valence-electron chi connectivity index (χ1n) is 6.44. The number of hydrogen-bond acceptors (Lipinski definition) is 3. The molecular formula is C13H27N3S. The van der Waals surface area contributed by atoms with E-state index in [0.717, 1.165) is 13.0 Å². The van der Waals surface area contributed by atoms with Crippen LogP contribution in [0.25, 0.3) is 0 Å². The molecule has 3 nitrogen and oxygen atoms in total.